The van der Waals surface area contributed by atoms with Crippen LogP contribution in [0.1, 0.15) is 13.8 Å². The molecule has 0 bridgehead atoms. The Morgan fingerprint density at radius 3 is 2.95 bits per heavy atom. The highest BCUT2D eigenvalue weighted by Crippen LogP contribution is 2.33. The lowest BCUT2D eigenvalue weighted by Gasteiger charge is -2.21. The van der Waals surface area contributed by atoms with Crippen molar-refractivity contribution >= 4 is 29.0 Å². The molecule has 4 nitrogen and oxygen atoms in total. The molecule has 1 aromatic rings. The Labute approximate surface area is 118 Å². The van der Waals surface area contributed by atoms with Crippen molar-refractivity contribution in [3.05, 3.63) is 18.2 Å². The summed E-state index contributed by atoms with van der Waals surface area (Å²) >= 11 is 1.58. The van der Waals surface area contributed by atoms with Crippen molar-refractivity contribution < 1.29 is 4.79 Å². The van der Waals surface area contributed by atoms with E-state index in [2.05, 4.69) is 36.6 Å². The van der Waals surface area contributed by atoms with Crippen LogP contribution in [-0.2, 0) is 4.79 Å². The number of amides is 1. The molecule has 0 saturated carbocycles. The zero-order valence-electron chi connectivity index (χ0n) is 11.4. The first-order valence-electron chi connectivity index (χ1n) is 6.60. The molecule has 0 spiro atoms. The minimum absolute atomic E-state index is 0.0664. The molecule has 1 heterocycles. The summed E-state index contributed by atoms with van der Waals surface area (Å²) in [5.41, 5.74) is 7.70. The maximum Gasteiger partial charge on any atom is 0.234 e. The Balaban J connectivity index is 2.02. The largest absolute Gasteiger partial charge is 0.385 e. The van der Waals surface area contributed by atoms with E-state index >= 15 is 0 Å². The van der Waals surface area contributed by atoms with Crippen molar-refractivity contribution in [2.75, 3.05) is 29.5 Å². The number of carbonyl (C=O) groups excluding carboxylic acids is 1. The highest BCUT2D eigenvalue weighted by atomic mass is 32.2. The number of benzene rings is 1. The first-order valence-corrected chi connectivity index (χ1v) is 7.59. The predicted octanol–water partition coefficient (Wildman–Crippen LogP) is 2.37. The number of anilines is 2. The van der Waals surface area contributed by atoms with Gasteiger partial charge >= 0.3 is 0 Å². The molecule has 1 aromatic carbocycles. The van der Waals surface area contributed by atoms with Gasteiger partial charge in [-0.3, -0.25) is 4.79 Å². The third-order valence-electron chi connectivity index (χ3n) is 3.43. The number of rotatable bonds is 5. The van der Waals surface area contributed by atoms with Crippen LogP contribution in [-0.4, -0.2) is 24.7 Å². The molecule has 0 aromatic heterocycles. The van der Waals surface area contributed by atoms with E-state index in [4.69, 9.17) is 5.73 Å². The van der Waals surface area contributed by atoms with E-state index < -0.39 is 0 Å². The fraction of sp³-hybridized carbons (Fsp3) is 0.500. The van der Waals surface area contributed by atoms with E-state index in [-0.39, 0.29) is 5.91 Å². The zero-order valence-corrected chi connectivity index (χ0v) is 12.2. The highest BCUT2D eigenvalue weighted by Gasteiger charge is 2.16. The smallest absolute Gasteiger partial charge is 0.234 e. The highest BCUT2D eigenvalue weighted by molar-refractivity contribution is 8.00. The van der Waals surface area contributed by atoms with Gasteiger partial charge in [-0.1, -0.05) is 13.8 Å². The van der Waals surface area contributed by atoms with Crippen LogP contribution in [0.25, 0.3) is 0 Å². The van der Waals surface area contributed by atoms with Crippen LogP contribution in [0.5, 0.6) is 0 Å². The summed E-state index contributed by atoms with van der Waals surface area (Å²) in [4.78, 5) is 12.5. The number of fused-ring (bicyclic) bond motifs is 1. The van der Waals surface area contributed by atoms with Gasteiger partial charge in [0.25, 0.3) is 0 Å². The molecular formula is C14H21N3OS. The molecule has 2 rings (SSSR count). The molecule has 0 aliphatic carbocycles. The van der Waals surface area contributed by atoms with Gasteiger partial charge in [0.15, 0.2) is 0 Å². The summed E-state index contributed by atoms with van der Waals surface area (Å²) in [7, 11) is 0. The minimum Gasteiger partial charge on any atom is -0.385 e. The summed E-state index contributed by atoms with van der Waals surface area (Å²) in [6, 6.07) is 6.10. The third-order valence-corrected chi connectivity index (χ3v) is 4.50. The van der Waals surface area contributed by atoms with E-state index in [1.54, 1.807) is 11.8 Å². The van der Waals surface area contributed by atoms with Crippen LogP contribution in [0.15, 0.2) is 23.1 Å². The van der Waals surface area contributed by atoms with Gasteiger partial charge in [-0.15, -0.1) is 11.8 Å². The summed E-state index contributed by atoms with van der Waals surface area (Å²) in [6.45, 7) is 5.90. The van der Waals surface area contributed by atoms with Crippen LogP contribution in [0, 0.1) is 11.8 Å². The van der Waals surface area contributed by atoms with E-state index in [9.17, 15) is 4.79 Å². The Hall–Kier alpha value is -1.20. The van der Waals surface area contributed by atoms with Crippen molar-refractivity contribution in [2.24, 2.45) is 17.6 Å². The van der Waals surface area contributed by atoms with Crippen molar-refractivity contribution in [3.8, 4) is 0 Å². The molecule has 0 fully saturated rings. The van der Waals surface area contributed by atoms with Gasteiger partial charge in [0.2, 0.25) is 5.91 Å². The Kier molecular flexibility index (Phi) is 4.71. The topological polar surface area (TPSA) is 67.2 Å². The fourth-order valence-electron chi connectivity index (χ4n) is 2.03. The van der Waals surface area contributed by atoms with Gasteiger partial charge in [0, 0.05) is 17.1 Å². The number of carbonyl (C=O) groups is 1. The molecule has 19 heavy (non-hydrogen) atoms. The maximum absolute atomic E-state index is 11.4. The Bertz CT molecular complexity index is 462. The van der Waals surface area contributed by atoms with Crippen molar-refractivity contribution in [2.45, 2.75) is 18.7 Å². The summed E-state index contributed by atoms with van der Waals surface area (Å²) < 4.78 is 0. The lowest BCUT2D eigenvalue weighted by molar-refractivity contribution is -0.113. The average molecular weight is 279 g/mol. The normalized spacial score (nSPS) is 15.9. The number of thioether (sulfide) groups is 1. The lowest BCUT2D eigenvalue weighted by atomic mass is 9.96. The fourth-order valence-corrected chi connectivity index (χ4v) is 2.82. The van der Waals surface area contributed by atoms with Gasteiger partial charge in [0.1, 0.15) is 0 Å². The first kappa shape index (κ1) is 14.2. The van der Waals surface area contributed by atoms with E-state index in [1.807, 2.05) is 6.07 Å². The van der Waals surface area contributed by atoms with Gasteiger partial charge < -0.3 is 16.4 Å². The van der Waals surface area contributed by atoms with Gasteiger partial charge in [-0.25, -0.2) is 0 Å². The SMILES string of the molecule is CC(C)C(CN)CNc1ccc2c(c1)NC(=O)CS2. The number of hydrogen-bond acceptors (Lipinski definition) is 4. The van der Waals surface area contributed by atoms with Crippen molar-refractivity contribution in [1.82, 2.24) is 0 Å². The van der Waals surface area contributed by atoms with Gasteiger partial charge in [0.05, 0.1) is 11.4 Å². The molecule has 4 N–H and O–H groups in total. The van der Waals surface area contributed by atoms with Crippen LogP contribution < -0.4 is 16.4 Å². The van der Waals surface area contributed by atoms with E-state index in [0.29, 0.717) is 24.1 Å². The Morgan fingerprint density at radius 2 is 2.26 bits per heavy atom. The number of nitrogens with two attached hydrogens (primary N) is 1. The molecule has 0 radical (unpaired) electrons. The second-order valence-corrected chi connectivity index (χ2v) is 6.19. The number of nitrogens with one attached hydrogen (secondary N) is 2. The van der Waals surface area contributed by atoms with E-state index in [0.717, 1.165) is 22.8 Å². The predicted molar refractivity (Wildman–Crippen MR) is 81.7 cm³/mol. The quantitative estimate of drug-likeness (QED) is 0.774. The second kappa shape index (κ2) is 6.30. The Morgan fingerprint density at radius 1 is 1.47 bits per heavy atom. The molecule has 1 unspecified atom stereocenters. The first-order chi connectivity index (χ1) is 9.10. The van der Waals surface area contributed by atoms with Gasteiger partial charge in [-0.05, 0) is 36.6 Å². The second-order valence-electron chi connectivity index (χ2n) is 5.17. The van der Waals surface area contributed by atoms with Crippen LogP contribution >= 0.6 is 11.8 Å². The van der Waals surface area contributed by atoms with E-state index in [1.165, 1.54) is 0 Å². The lowest BCUT2D eigenvalue weighted by Crippen LogP contribution is -2.27. The molecular weight excluding hydrogens is 258 g/mol. The van der Waals surface area contributed by atoms with Crippen LogP contribution in [0.4, 0.5) is 11.4 Å². The molecule has 1 aliphatic rings. The number of hydrogen-bond donors (Lipinski definition) is 3. The van der Waals surface area contributed by atoms with Crippen LogP contribution in [0.3, 0.4) is 0 Å². The molecule has 1 aliphatic heterocycles. The summed E-state index contributed by atoms with van der Waals surface area (Å²) in [6.07, 6.45) is 0. The van der Waals surface area contributed by atoms with Crippen molar-refractivity contribution in [3.63, 3.8) is 0 Å². The molecule has 1 atom stereocenters. The van der Waals surface area contributed by atoms with Gasteiger partial charge in [-0.2, -0.15) is 0 Å². The molecule has 0 saturated heterocycles. The summed E-state index contributed by atoms with van der Waals surface area (Å²) in [5.74, 6) is 1.59. The average Bonchev–Trinajstić information content (AvgIpc) is 2.38. The summed E-state index contributed by atoms with van der Waals surface area (Å²) in [5, 5.41) is 6.30. The molecule has 104 valence electrons. The minimum atomic E-state index is 0.0664. The molecule has 1 amide bonds. The third kappa shape index (κ3) is 3.64. The standard InChI is InChI=1S/C14H21N3OS/c1-9(2)10(6-15)7-16-11-3-4-13-12(5-11)17-14(18)8-19-13/h3-5,9-10,16H,6-8,15H2,1-2H3,(H,17,18). The zero-order chi connectivity index (χ0) is 13.8. The molecule has 5 heteroatoms. The van der Waals surface area contributed by atoms with Crippen LogP contribution in [0.2, 0.25) is 0 Å². The van der Waals surface area contributed by atoms with Crippen molar-refractivity contribution in [1.29, 1.82) is 0 Å². The monoisotopic (exact) mass is 279 g/mol. The maximum atomic E-state index is 11.4.